The van der Waals surface area contributed by atoms with E-state index in [1.807, 2.05) is 35.7 Å². The van der Waals surface area contributed by atoms with Crippen LogP contribution >= 0.6 is 34.4 Å². The third-order valence-electron chi connectivity index (χ3n) is 4.19. The second-order valence-corrected chi connectivity index (χ2v) is 9.23. The Hall–Kier alpha value is -2.44. The molecule has 0 radical (unpaired) electrons. The Labute approximate surface area is 185 Å². The third-order valence-corrected chi connectivity index (χ3v) is 7.03. The fraction of sp³-hybridized carbons (Fsp3) is 0.211. The average Bonchev–Trinajstić information content (AvgIpc) is 3.51. The molecule has 0 aliphatic carbocycles. The first-order valence-corrected chi connectivity index (χ1v) is 11.4. The molecule has 0 fully saturated rings. The molecule has 11 heteroatoms. The number of thiophene rings is 1. The number of para-hydroxylation sites is 1. The first-order chi connectivity index (χ1) is 14.7. The first kappa shape index (κ1) is 20.8. The van der Waals surface area contributed by atoms with Crippen LogP contribution in [0, 0.1) is 0 Å². The predicted octanol–water partition coefficient (Wildman–Crippen LogP) is 3.44. The third kappa shape index (κ3) is 4.35. The zero-order valence-electron chi connectivity index (χ0n) is 16.6. The Morgan fingerprint density at radius 1 is 1.10 bits per heavy atom. The van der Waals surface area contributed by atoms with Crippen LogP contribution in [0.15, 0.2) is 51.4 Å². The van der Waals surface area contributed by atoms with Gasteiger partial charge in [-0.15, -0.1) is 21.5 Å². The molecule has 3 heterocycles. The fourth-order valence-corrected chi connectivity index (χ4v) is 5.47. The maximum absolute atomic E-state index is 5.62. The van der Waals surface area contributed by atoms with Crippen LogP contribution in [-0.4, -0.2) is 41.1 Å². The second kappa shape index (κ2) is 9.58. The number of thiazole rings is 1. The van der Waals surface area contributed by atoms with Crippen LogP contribution in [0.4, 0.5) is 5.00 Å². The molecule has 8 nitrogen and oxygen atoms in total. The molecule has 30 heavy (non-hydrogen) atoms. The van der Waals surface area contributed by atoms with Gasteiger partial charge in [0.25, 0.3) is 0 Å². The highest BCUT2D eigenvalue weighted by molar-refractivity contribution is 8.00. The van der Waals surface area contributed by atoms with Gasteiger partial charge in [-0.2, -0.15) is 5.48 Å². The molecule has 0 spiro atoms. The lowest BCUT2D eigenvalue weighted by Gasteiger charge is -2.14. The standard InChI is InChI=1S/C19H19N5O3S3/c1-25-13-7-4-6-12(16(13)26-2)11-24-17(14-8-5-9-28-14)21-22-18(24)30-19-20-10-15(29-19)23-27-3/h4-10,23H,11H2,1-3H3/p+1. The van der Waals surface area contributed by atoms with Crippen LogP contribution in [0.5, 0.6) is 11.5 Å². The number of benzene rings is 1. The zero-order valence-corrected chi connectivity index (χ0v) is 19.0. The van der Waals surface area contributed by atoms with Crippen LogP contribution in [-0.2, 0) is 11.4 Å². The van der Waals surface area contributed by atoms with E-state index >= 15 is 0 Å². The van der Waals surface area contributed by atoms with Crippen molar-refractivity contribution < 1.29 is 19.8 Å². The number of methoxy groups -OCH3 is 2. The molecule has 0 aliphatic rings. The molecule has 0 saturated carbocycles. The van der Waals surface area contributed by atoms with Crippen molar-refractivity contribution in [1.29, 1.82) is 0 Å². The maximum atomic E-state index is 5.62. The Bertz CT molecular complexity index is 1110. The lowest BCUT2D eigenvalue weighted by atomic mass is 10.2. The van der Waals surface area contributed by atoms with Gasteiger partial charge in [-0.3, -0.25) is 4.57 Å². The van der Waals surface area contributed by atoms with E-state index in [1.165, 1.54) is 23.1 Å². The lowest BCUT2D eigenvalue weighted by molar-refractivity contribution is -0.827. The maximum Gasteiger partial charge on any atom is 0.238 e. The first-order valence-electron chi connectivity index (χ1n) is 8.90. The highest BCUT2D eigenvalue weighted by Crippen LogP contribution is 2.36. The van der Waals surface area contributed by atoms with Gasteiger partial charge in [0.1, 0.15) is 6.20 Å². The molecule has 156 valence electrons. The monoisotopic (exact) mass is 462 g/mol. The number of aromatic nitrogens is 4. The van der Waals surface area contributed by atoms with Crippen LogP contribution < -0.4 is 15.0 Å². The van der Waals surface area contributed by atoms with E-state index in [0.29, 0.717) is 18.0 Å². The number of rotatable bonds is 9. The summed E-state index contributed by atoms with van der Waals surface area (Å²) >= 11 is 4.64. The van der Waals surface area contributed by atoms with Crippen molar-refractivity contribution >= 4 is 39.4 Å². The summed E-state index contributed by atoms with van der Waals surface area (Å²) in [5.41, 5.74) is 2.65. The van der Waals surface area contributed by atoms with E-state index in [2.05, 4.69) is 19.7 Å². The van der Waals surface area contributed by atoms with Crippen LogP contribution in [0.1, 0.15) is 5.56 Å². The Kier molecular flexibility index (Phi) is 6.65. The van der Waals surface area contributed by atoms with Crippen molar-refractivity contribution in [3.05, 3.63) is 47.5 Å². The fourth-order valence-electron chi connectivity index (χ4n) is 2.91. The normalized spacial score (nSPS) is 11.0. The molecule has 0 atom stereocenters. The van der Waals surface area contributed by atoms with Gasteiger partial charge < -0.3 is 9.47 Å². The van der Waals surface area contributed by atoms with Crippen LogP contribution in [0.3, 0.4) is 0 Å². The molecule has 3 aromatic heterocycles. The smallest absolute Gasteiger partial charge is 0.238 e. The number of hydrogen-bond donors (Lipinski definition) is 1. The average molecular weight is 463 g/mol. The summed E-state index contributed by atoms with van der Waals surface area (Å²) in [4.78, 5) is 10.6. The summed E-state index contributed by atoms with van der Waals surface area (Å²) < 4.78 is 14.0. The van der Waals surface area contributed by atoms with Gasteiger partial charge in [0.15, 0.2) is 26.8 Å². The van der Waals surface area contributed by atoms with Crippen LogP contribution in [0.25, 0.3) is 10.7 Å². The molecular formula is C19H20N5O3S3+. The highest BCUT2D eigenvalue weighted by Gasteiger charge is 2.20. The summed E-state index contributed by atoms with van der Waals surface area (Å²) in [5, 5.41) is 12.6. The lowest BCUT2D eigenvalue weighted by Crippen LogP contribution is -2.75. The van der Waals surface area contributed by atoms with Gasteiger partial charge in [0, 0.05) is 5.56 Å². The van der Waals surface area contributed by atoms with Gasteiger partial charge >= 0.3 is 0 Å². The van der Waals surface area contributed by atoms with Gasteiger partial charge in [0.2, 0.25) is 5.00 Å². The van der Waals surface area contributed by atoms with Crippen molar-refractivity contribution in [2.45, 2.75) is 16.0 Å². The minimum Gasteiger partial charge on any atom is -0.493 e. The van der Waals surface area contributed by atoms with E-state index in [1.54, 1.807) is 44.3 Å². The van der Waals surface area contributed by atoms with Gasteiger partial charge in [0.05, 0.1) is 32.8 Å². The summed E-state index contributed by atoms with van der Waals surface area (Å²) in [5.74, 6) is 2.19. The topological polar surface area (TPSA) is 87.9 Å². The van der Waals surface area contributed by atoms with Crippen molar-refractivity contribution in [3.63, 3.8) is 0 Å². The number of ether oxygens (including phenoxy) is 2. The molecule has 2 N–H and O–H groups in total. The Morgan fingerprint density at radius 2 is 2.00 bits per heavy atom. The van der Waals surface area contributed by atoms with Crippen molar-refractivity contribution in [1.82, 2.24) is 19.7 Å². The molecule has 0 aliphatic heterocycles. The van der Waals surface area contributed by atoms with E-state index in [-0.39, 0.29) is 0 Å². The van der Waals surface area contributed by atoms with E-state index < -0.39 is 0 Å². The minimum absolute atomic E-state index is 0.533. The van der Waals surface area contributed by atoms with Crippen molar-refractivity contribution in [2.75, 3.05) is 21.3 Å². The second-order valence-electron chi connectivity index (χ2n) is 6.01. The SMILES string of the molecule is CO[NH2+]c1cnc(Sc2nnc(-c3cccs3)n2Cc2cccc(OC)c2OC)s1. The van der Waals surface area contributed by atoms with Crippen molar-refractivity contribution in [2.24, 2.45) is 0 Å². The molecule has 0 unspecified atom stereocenters. The molecule has 0 amide bonds. The minimum atomic E-state index is 0.533. The number of nitrogens with zero attached hydrogens (tertiary/aromatic N) is 4. The van der Waals surface area contributed by atoms with E-state index in [4.69, 9.17) is 14.3 Å². The highest BCUT2D eigenvalue weighted by atomic mass is 32.2. The molecule has 4 rings (SSSR count). The molecule has 1 aromatic carbocycles. The summed E-state index contributed by atoms with van der Waals surface area (Å²) in [6.07, 6.45) is 1.78. The molecule has 4 aromatic rings. The summed E-state index contributed by atoms with van der Waals surface area (Å²) in [7, 11) is 4.90. The molecular weight excluding hydrogens is 442 g/mol. The molecule has 0 bridgehead atoms. The Morgan fingerprint density at radius 3 is 2.73 bits per heavy atom. The van der Waals surface area contributed by atoms with Crippen molar-refractivity contribution in [3.8, 4) is 22.2 Å². The largest absolute Gasteiger partial charge is 0.493 e. The summed E-state index contributed by atoms with van der Waals surface area (Å²) in [6.45, 7) is 0.533. The Balaban J connectivity index is 1.72. The predicted molar refractivity (Wildman–Crippen MR) is 117 cm³/mol. The number of quaternary nitrogens is 1. The van der Waals surface area contributed by atoms with Gasteiger partial charge in [-0.05, 0) is 40.6 Å². The quantitative estimate of drug-likeness (QED) is 0.381. The van der Waals surface area contributed by atoms with E-state index in [9.17, 15) is 0 Å². The van der Waals surface area contributed by atoms with Gasteiger partial charge in [-0.1, -0.05) is 18.2 Å². The number of nitrogens with two attached hydrogens (primary N) is 1. The summed E-state index contributed by atoms with van der Waals surface area (Å²) in [6, 6.07) is 9.90. The van der Waals surface area contributed by atoms with Crippen LogP contribution in [0.2, 0.25) is 0 Å². The number of hydrogen-bond acceptors (Lipinski definition) is 9. The zero-order chi connectivity index (χ0) is 20.9. The van der Waals surface area contributed by atoms with E-state index in [0.717, 1.165) is 30.8 Å². The molecule has 0 saturated heterocycles. The van der Waals surface area contributed by atoms with Gasteiger partial charge in [-0.25, -0.2) is 9.82 Å².